The number of allylic oxidation sites excluding steroid dienone is 2. The van der Waals surface area contributed by atoms with Crippen LogP contribution in [-0.2, 0) is 0 Å². The summed E-state index contributed by atoms with van der Waals surface area (Å²) in [4.78, 5) is 0. The van der Waals surface area contributed by atoms with Gasteiger partial charge in [0.2, 0.25) is 0 Å². The molecule has 0 radical (unpaired) electrons. The van der Waals surface area contributed by atoms with Gasteiger partial charge in [0.15, 0.2) is 0 Å². The van der Waals surface area contributed by atoms with Crippen LogP contribution >= 0.6 is 0 Å². The molecule has 0 aromatic heterocycles. The molecule has 0 aliphatic rings. The lowest BCUT2D eigenvalue weighted by molar-refractivity contribution is -0.0695. The lowest BCUT2D eigenvalue weighted by atomic mass is 10.1. The predicted octanol–water partition coefficient (Wildman–Crippen LogP) is 9.32. The van der Waals surface area contributed by atoms with Gasteiger partial charge in [0, 0.05) is 22.3 Å². The fraction of sp³-hybridized carbons (Fsp3) is 0.0588. The maximum Gasteiger partial charge on any atom is 0.416 e. The van der Waals surface area contributed by atoms with Gasteiger partial charge >= 0.3 is 12.4 Å². The molecular weight excluding hydrogens is 522 g/mol. The molecule has 4 rings (SSSR count). The first-order valence-electron chi connectivity index (χ1n) is 11.8. The van der Waals surface area contributed by atoms with Crippen LogP contribution in [0.5, 0.6) is 0 Å². The third kappa shape index (κ3) is 9.11. The van der Waals surface area contributed by atoms with Crippen LogP contribution in [0, 0.1) is 23.7 Å². The SMILES string of the molecule is C=C(c1ccc(C#Cc2ccccc2)cc1)C(F)(F)F.C=C(c1ccc(C#Cc2ccccc2)cc1)C(F)(F)F. The van der Waals surface area contributed by atoms with E-state index >= 15 is 0 Å². The Balaban J connectivity index is 0.000000220. The second-order valence-electron chi connectivity index (χ2n) is 8.34. The maximum absolute atomic E-state index is 12.5. The molecule has 6 heteroatoms. The smallest absolute Gasteiger partial charge is 0.166 e. The Morgan fingerprint density at radius 2 is 0.650 bits per heavy atom. The quantitative estimate of drug-likeness (QED) is 0.174. The number of alkyl halides is 6. The zero-order valence-corrected chi connectivity index (χ0v) is 21.1. The van der Waals surface area contributed by atoms with Gasteiger partial charge in [-0.15, -0.1) is 0 Å². The van der Waals surface area contributed by atoms with E-state index in [4.69, 9.17) is 0 Å². The van der Waals surface area contributed by atoms with E-state index in [1.165, 1.54) is 24.3 Å². The Kier molecular flexibility index (Phi) is 9.79. The first kappa shape index (κ1) is 29.6. The van der Waals surface area contributed by atoms with Crippen molar-refractivity contribution in [1.82, 2.24) is 0 Å². The van der Waals surface area contributed by atoms with Gasteiger partial charge < -0.3 is 0 Å². The molecule has 0 N–H and O–H groups in total. The molecule has 0 fully saturated rings. The summed E-state index contributed by atoms with van der Waals surface area (Å²) in [5, 5.41) is 0. The van der Waals surface area contributed by atoms with Crippen LogP contribution in [0.15, 0.2) is 122 Å². The summed E-state index contributed by atoms with van der Waals surface area (Å²) in [7, 11) is 0. The molecule has 0 aliphatic heterocycles. The Hall–Kier alpha value is -4.94. The van der Waals surface area contributed by atoms with Crippen LogP contribution in [0.2, 0.25) is 0 Å². The van der Waals surface area contributed by atoms with Crippen molar-refractivity contribution in [2.45, 2.75) is 12.4 Å². The number of halogens is 6. The average Bonchev–Trinajstić information content (AvgIpc) is 2.95. The van der Waals surface area contributed by atoms with Crippen LogP contribution in [-0.4, -0.2) is 12.4 Å². The monoisotopic (exact) mass is 544 g/mol. The molecule has 200 valence electrons. The molecule has 0 nitrogen and oxygen atoms in total. The van der Waals surface area contributed by atoms with E-state index in [9.17, 15) is 26.3 Å². The summed E-state index contributed by atoms with van der Waals surface area (Å²) in [5.74, 6) is 11.7. The fourth-order valence-corrected chi connectivity index (χ4v) is 3.17. The number of hydrogen-bond acceptors (Lipinski definition) is 0. The fourth-order valence-electron chi connectivity index (χ4n) is 3.17. The van der Waals surface area contributed by atoms with Crippen molar-refractivity contribution < 1.29 is 26.3 Å². The topological polar surface area (TPSA) is 0 Å². The van der Waals surface area contributed by atoms with Crippen molar-refractivity contribution in [3.8, 4) is 23.7 Å². The van der Waals surface area contributed by atoms with Crippen LogP contribution in [0.25, 0.3) is 11.1 Å². The third-order valence-corrected chi connectivity index (χ3v) is 5.40. The van der Waals surface area contributed by atoms with E-state index < -0.39 is 23.5 Å². The molecule has 0 saturated carbocycles. The Labute approximate surface area is 229 Å². The van der Waals surface area contributed by atoms with Crippen molar-refractivity contribution in [3.05, 3.63) is 156 Å². The summed E-state index contributed by atoms with van der Waals surface area (Å²) in [6, 6.07) is 30.5. The van der Waals surface area contributed by atoms with E-state index in [0.717, 1.165) is 11.1 Å². The summed E-state index contributed by atoms with van der Waals surface area (Å²) < 4.78 is 74.9. The highest BCUT2D eigenvalue weighted by molar-refractivity contribution is 5.68. The summed E-state index contributed by atoms with van der Waals surface area (Å²) in [6.45, 7) is 6.12. The van der Waals surface area contributed by atoms with Crippen molar-refractivity contribution in [2.24, 2.45) is 0 Å². The molecular formula is C34H22F6. The molecule has 0 bridgehead atoms. The van der Waals surface area contributed by atoms with Gasteiger partial charge in [-0.2, -0.15) is 26.3 Å². The van der Waals surface area contributed by atoms with E-state index in [0.29, 0.717) is 11.1 Å². The number of benzene rings is 4. The second-order valence-corrected chi connectivity index (χ2v) is 8.34. The van der Waals surface area contributed by atoms with Gasteiger partial charge in [-0.1, -0.05) is 97.5 Å². The minimum Gasteiger partial charge on any atom is -0.166 e. The van der Waals surface area contributed by atoms with Crippen LogP contribution < -0.4 is 0 Å². The lowest BCUT2D eigenvalue weighted by Crippen LogP contribution is -2.09. The van der Waals surface area contributed by atoms with Gasteiger partial charge in [0.1, 0.15) is 0 Å². The molecule has 0 atom stereocenters. The first-order valence-corrected chi connectivity index (χ1v) is 11.8. The Bertz CT molecular complexity index is 1430. The van der Waals surface area contributed by atoms with E-state index in [1.54, 1.807) is 24.3 Å². The van der Waals surface area contributed by atoms with Crippen LogP contribution in [0.4, 0.5) is 26.3 Å². The molecule has 4 aromatic rings. The number of hydrogen-bond donors (Lipinski definition) is 0. The third-order valence-electron chi connectivity index (χ3n) is 5.40. The van der Waals surface area contributed by atoms with Crippen molar-refractivity contribution in [2.75, 3.05) is 0 Å². The number of rotatable bonds is 2. The molecule has 0 aliphatic carbocycles. The van der Waals surface area contributed by atoms with Crippen molar-refractivity contribution >= 4 is 11.1 Å². The Morgan fingerprint density at radius 1 is 0.400 bits per heavy atom. The molecule has 0 amide bonds. The minimum absolute atomic E-state index is 0.0581. The van der Waals surface area contributed by atoms with Crippen LogP contribution in [0.1, 0.15) is 33.4 Å². The maximum atomic E-state index is 12.5. The summed E-state index contributed by atoms with van der Waals surface area (Å²) in [6.07, 6.45) is -8.81. The Morgan fingerprint density at radius 3 is 0.900 bits per heavy atom. The lowest BCUT2D eigenvalue weighted by Gasteiger charge is -2.09. The van der Waals surface area contributed by atoms with Crippen molar-refractivity contribution in [1.29, 1.82) is 0 Å². The standard InChI is InChI=1S/2C17H11F3/c2*1-13(17(18,19)20)16-11-9-15(10-12-16)8-7-14-5-3-2-4-6-14/h2*2-6,9-12H,1H2. The van der Waals surface area contributed by atoms with Gasteiger partial charge in [-0.25, -0.2) is 0 Å². The van der Waals surface area contributed by atoms with Gasteiger partial charge in [-0.3, -0.25) is 0 Å². The zero-order chi connectivity index (χ0) is 29.2. The summed E-state index contributed by atoms with van der Waals surface area (Å²) >= 11 is 0. The highest BCUT2D eigenvalue weighted by Gasteiger charge is 2.33. The highest BCUT2D eigenvalue weighted by Crippen LogP contribution is 2.33. The molecule has 0 spiro atoms. The second kappa shape index (κ2) is 13.2. The van der Waals surface area contributed by atoms with E-state index in [2.05, 4.69) is 36.8 Å². The van der Waals surface area contributed by atoms with Gasteiger partial charge in [0.25, 0.3) is 0 Å². The van der Waals surface area contributed by atoms with Gasteiger partial charge in [-0.05, 0) is 59.7 Å². The van der Waals surface area contributed by atoms with Gasteiger partial charge in [0.05, 0.1) is 11.1 Å². The molecule has 0 saturated heterocycles. The molecule has 0 unspecified atom stereocenters. The van der Waals surface area contributed by atoms with Crippen LogP contribution in [0.3, 0.4) is 0 Å². The highest BCUT2D eigenvalue weighted by atomic mass is 19.4. The molecule has 4 aromatic carbocycles. The van der Waals surface area contributed by atoms with E-state index in [1.807, 2.05) is 60.7 Å². The van der Waals surface area contributed by atoms with E-state index in [-0.39, 0.29) is 11.1 Å². The molecule has 40 heavy (non-hydrogen) atoms. The minimum atomic E-state index is -4.41. The first-order chi connectivity index (χ1) is 18.9. The zero-order valence-electron chi connectivity index (χ0n) is 21.1. The largest absolute Gasteiger partial charge is 0.416 e. The molecule has 0 heterocycles. The predicted molar refractivity (Wildman–Crippen MR) is 148 cm³/mol. The summed E-state index contributed by atoms with van der Waals surface area (Å²) in [5.41, 5.74) is 1.46. The average molecular weight is 545 g/mol. The normalized spacial score (nSPS) is 10.6. The van der Waals surface area contributed by atoms with Crippen molar-refractivity contribution in [3.63, 3.8) is 0 Å².